The first kappa shape index (κ1) is 18.1. The number of rotatable bonds is 4. The first-order valence-corrected chi connectivity index (χ1v) is 10.3. The molecule has 1 N–H and O–H groups in total. The zero-order chi connectivity index (χ0) is 20.1. The molecular formula is C21H20N3O4S+. The van der Waals surface area contributed by atoms with Gasteiger partial charge in [-0.2, -0.15) is 0 Å². The van der Waals surface area contributed by atoms with E-state index >= 15 is 0 Å². The standard InChI is InChI=1S/C21H19N3O4S/c1-12(20-22-14-5-3-4-6-18(14)29-20)23(2)11-24-15-10-17-16(27-7-8-28-17)9-13(15)19(25)21(24)26/h3-6,9-10,12H,7-8,11H2,1-2H3/p+1/t12-/m0/s1. The summed E-state index contributed by atoms with van der Waals surface area (Å²) in [6, 6.07) is 11.5. The Labute approximate surface area is 171 Å². The van der Waals surface area contributed by atoms with Crippen LogP contribution in [0.4, 0.5) is 5.69 Å². The Kier molecular flexibility index (Phi) is 4.25. The van der Waals surface area contributed by atoms with Gasteiger partial charge in [0.25, 0.3) is 5.78 Å². The number of fused-ring (bicyclic) bond motifs is 3. The molecule has 1 amide bonds. The van der Waals surface area contributed by atoms with Crippen LogP contribution in [0.3, 0.4) is 0 Å². The first-order chi connectivity index (χ1) is 14.0. The van der Waals surface area contributed by atoms with Gasteiger partial charge in [-0.25, -0.2) is 4.98 Å². The molecule has 2 atom stereocenters. The number of quaternary nitrogens is 1. The molecule has 5 rings (SSSR count). The molecule has 0 radical (unpaired) electrons. The lowest BCUT2D eigenvalue weighted by atomic mass is 10.1. The highest BCUT2D eigenvalue weighted by atomic mass is 32.1. The van der Waals surface area contributed by atoms with Crippen LogP contribution in [-0.2, 0) is 4.79 Å². The average molecular weight is 410 g/mol. The maximum absolute atomic E-state index is 12.7. The predicted octanol–water partition coefficient (Wildman–Crippen LogP) is 1.83. The maximum Gasteiger partial charge on any atom is 0.303 e. The van der Waals surface area contributed by atoms with Crippen LogP contribution in [-0.4, -0.2) is 43.6 Å². The number of carbonyl (C=O) groups excluding carboxylic acids is 2. The normalized spacial score (nSPS) is 17.5. The summed E-state index contributed by atoms with van der Waals surface area (Å²) in [5.74, 6) is 0.0662. The number of anilines is 1. The summed E-state index contributed by atoms with van der Waals surface area (Å²) < 4.78 is 12.3. The van der Waals surface area contributed by atoms with Gasteiger partial charge in [-0.15, -0.1) is 11.3 Å². The molecule has 29 heavy (non-hydrogen) atoms. The van der Waals surface area contributed by atoms with Gasteiger partial charge in [0.05, 0.1) is 28.5 Å². The summed E-state index contributed by atoms with van der Waals surface area (Å²) in [7, 11) is 2.00. The molecule has 3 heterocycles. The largest absolute Gasteiger partial charge is 0.486 e. The summed E-state index contributed by atoms with van der Waals surface area (Å²) in [4.78, 5) is 32.5. The highest BCUT2D eigenvalue weighted by molar-refractivity contribution is 7.18. The number of nitrogens with one attached hydrogen (secondary N) is 1. The van der Waals surface area contributed by atoms with Crippen LogP contribution in [0.15, 0.2) is 36.4 Å². The van der Waals surface area contributed by atoms with Crippen molar-refractivity contribution in [3.8, 4) is 11.5 Å². The van der Waals surface area contributed by atoms with Crippen molar-refractivity contribution in [3.63, 3.8) is 0 Å². The summed E-state index contributed by atoms with van der Waals surface area (Å²) in [6.07, 6.45) is 0. The minimum atomic E-state index is -0.516. The number of ketones is 1. The van der Waals surface area contributed by atoms with Crippen molar-refractivity contribution >= 4 is 38.9 Å². The Balaban J connectivity index is 1.42. The fraction of sp³-hybridized carbons (Fsp3) is 0.286. The van der Waals surface area contributed by atoms with Crippen LogP contribution >= 0.6 is 11.3 Å². The fourth-order valence-corrected chi connectivity index (χ4v) is 4.77. The quantitative estimate of drug-likeness (QED) is 0.665. The van der Waals surface area contributed by atoms with Crippen LogP contribution in [0.1, 0.15) is 28.3 Å². The zero-order valence-electron chi connectivity index (χ0n) is 16.1. The molecule has 2 aliphatic heterocycles. The Hall–Kier alpha value is -2.97. The minimum Gasteiger partial charge on any atom is -0.486 e. The number of para-hydroxylation sites is 1. The molecule has 1 unspecified atom stereocenters. The second kappa shape index (κ2) is 6.82. The lowest BCUT2D eigenvalue weighted by Gasteiger charge is -2.26. The van der Waals surface area contributed by atoms with Gasteiger partial charge in [-0.05, 0) is 25.1 Å². The van der Waals surface area contributed by atoms with Crippen LogP contribution < -0.4 is 19.3 Å². The molecule has 3 aromatic rings. The number of carbonyl (C=O) groups is 2. The molecule has 0 spiro atoms. The molecule has 0 aliphatic carbocycles. The van der Waals surface area contributed by atoms with Crippen molar-refractivity contribution < 1.29 is 24.0 Å². The second-order valence-electron chi connectivity index (χ2n) is 7.32. The molecule has 1 aromatic heterocycles. The Morgan fingerprint density at radius 2 is 1.90 bits per heavy atom. The van der Waals surface area contributed by atoms with E-state index in [0.29, 0.717) is 42.6 Å². The van der Waals surface area contributed by atoms with Gasteiger partial charge in [0.2, 0.25) is 0 Å². The van der Waals surface area contributed by atoms with Crippen molar-refractivity contribution in [2.24, 2.45) is 0 Å². The lowest BCUT2D eigenvalue weighted by molar-refractivity contribution is -0.908. The molecule has 2 aromatic carbocycles. The summed E-state index contributed by atoms with van der Waals surface area (Å²) >= 11 is 1.66. The molecule has 0 fully saturated rings. The third-order valence-corrected chi connectivity index (χ3v) is 6.68. The van der Waals surface area contributed by atoms with E-state index in [1.165, 1.54) is 4.90 Å². The van der Waals surface area contributed by atoms with Crippen molar-refractivity contribution in [2.75, 3.05) is 31.8 Å². The van der Waals surface area contributed by atoms with E-state index in [-0.39, 0.29) is 6.04 Å². The van der Waals surface area contributed by atoms with E-state index in [2.05, 4.69) is 13.0 Å². The van der Waals surface area contributed by atoms with Crippen LogP contribution in [0.25, 0.3) is 10.2 Å². The van der Waals surface area contributed by atoms with E-state index in [4.69, 9.17) is 14.5 Å². The number of Topliss-reactive ketones (excluding diaryl/α,β-unsaturated/α-hetero) is 1. The zero-order valence-corrected chi connectivity index (χ0v) is 16.9. The number of hydrogen-bond donors (Lipinski definition) is 1. The molecule has 0 saturated heterocycles. The third kappa shape index (κ3) is 2.95. The Morgan fingerprint density at radius 3 is 2.66 bits per heavy atom. The summed E-state index contributed by atoms with van der Waals surface area (Å²) in [5.41, 5.74) is 1.94. The van der Waals surface area contributed by atoms with Crippen molar-refractivity contribution in [3.05, 3.63) is 47.0 Å². The number of ether oxygens (including phenoxy) is 2. The van der Waals surface area contributed by atoms with Crippen molar-refractivity contribution in [2.45, 2.75) is 13.0 Å². The smallest absolute Gasteiger partial charge is 0.303 e. The van der Waals surface area contributed by atoms with Crippen LogP contribution in [0.2, 0.25) is 0 Å². The fourth-order valence-electron chi connectivity index (χ4n) is 3.66. The average Bonchev–Trinajstić information content (AvgIpc) is 3.27. The molecule has 2 aliphatic rings. The molecule has 8 heteroatoms. The maximum atomic E-state index is 12.7. The molecule has 148 valence electrons. The van der Waals surface area contributed by atoms with Gasteiger partial charge in [-0.3, -0.25) is 14.5 Å². The molecular weight excluding hydrogens is 390 g/mol. The van der Waals surface area contributed by atoms with Gasteiger partial charge in [-0.1, -0.05) is 12.1 Å². The number of thiazole rings is 1. The van der Waals surface area contributed by atoms with E-state index in [1.54, 1.807) is 23.5 Å². The first-order valence-electron chi connectivity index (χ1n) is 9.50. The highest BCUT2D eigenvalue weighted by Gasteiger charge is 2.40. The van der Waals surface area contributed by atoms with Crippen molar-refractivity contribution in [1.82, 2.24) is 4.98 Å². The molecule has 0 saturated carbocycles. The lowest BCUT2D eigenvalue weighted by Crippen LogP contribution is -3.10. The predicted molar refractivity (Wildman–Crippen MR) is 109 cm³/mol. The highest BCUT2D eigenvalue weighted by Crippen LogP contribution is 2.40. The van der Waals surface area contributed by atoms with Gasteiger partial charge < -0.3 is 14.4 Å². The van der Waals surface area contributed by atoms with Gasteiger partial charge in [0, 0.05) is 6.07 Å². The van der Waals surface area contributed by atoms with E-state index in [9.17, 15) is 9.59 Å². The van der Waals surface area contributed by atoms with Crippen molar-refractivity contribution in [1.29, 1.82) is 0 Å². The van der Waals surface area contributed by atoms with Crippen LogP contribution in [0.5, 0.6) is 11.5 Å². The molecule has 0 bridgehead atoms. The van der Waals surface area contributed by atoms with Gasteiger partial charge in [0.1, 0.15) is 19.3 Å². The Bertz CT molecular complexity index is 1110. The van der Waals surface area contributed by atoms with Crippen LogP contribution in [0, 0.1) is 0 Å². The third-order valence-electron chi connectivity index (χ3n) is 5.46. The van der Waals surface area contributed by atoms with Gasteiger partial charge in [0.15, 0.2) is 23.2 Å². The number of aromatic nitrogens is 1. The topological polar surface area (TPSA) is 73.2 Å². The summed E-state index contributed by atoms with van der Waals surface area (Å²) in [6.45, 7) is 3.33. The number of hydrogen-bond acceptors (Lipinski definition) is 6. The summed E-state index contributed by atoms with van der Waals surface area (Å²) in [5, 5.41) is 1.00. The number of amides is 1. The van der Waals surface area contributed by atoms with E-state index in [1.807, 2.05) is 25.2 Å². The SMILES string of the molecule is C[C@@H](c1nc2ccccc2s1)[NH+](C)CN1C(=O)C(=O)c2cc3c(cc21)OCCO3. The molecule has 7 nitrogen and oxygen atoms in total. The monoisotopic (exact) mass is 410 g/mol. The van der Waals surface area contributed by atoms with Gasteiger partial charge >= 0.3 is 5.91 Å². The van der Waals surface area contributed by atoms with E-state index in [0.717, 1.165) is 20.1 Å². The second-order valence-corrected chi connectivity index (χ2v) is 8.38. The van der Waals surface area contributed by atoms with E-state index < -0.39 is 11.7 Å². The minimum absolute atomic E-state index is 0.0663. The number of nitrogens with zero attached hydrogens (tertiary/aromatic N) is 2. The number of benzene rings is 2. The Morgan fingerprint density at radius 1 is 1.17 bits per heavy atom.